The summed E-state index contributed by atoms with van der Waals surface area (Å²) in [6.45, 7) is 3.88. The number of rotatable bonds is 5. The second-order valence-corrected chi connectivity index (χ2v) is 9.63. The lowest BCUT2D eigenvalue weighted by Crippen LogP contribution is -2.44. The quantitative estimate of drug-likeness (QED) is 0.840. The predicted octanol–water partition coefficient (Wildman–Crippen LogP) is 3.17. The van der Waals surface area contributed by atoms with E-state index < -0.39 is 5.60 Å². The largest absolute Gasteiger partial charge is 0.389 e. The van der Waals surface area contributed by atoms with Crippen molar-refractivity contribution in [3.05, 3.63) is 22.4 Å². The van der Waals surface area contributed by atoms with Crippen molar-refractivity contribution in [2.75, 3.05) is 13.1 Å². The van der Waals surface area contributed by atoms with Gasteiger partial charge in [-0.3, -0.25) is 9.59 Å². The van der Waals surface area contributed by atoms with Gasteiger partial charge in [0.05, 0.1) is 12.0 Å². The average molecular weight is 391 g/mol. The fourth-order valence-electron chi connectivity index (χ4n) is 5.13. The number of amides is 2. The van der Waals surface area contributed by atoms with Crippen LogP contribution < -0.4 is 0 Å². The van der Waals surface area contributed by atoms with Gasteiger partial charge in [-0.15, -0.1) is 0 Å². The third-order valence-electron chi connectivity index (χ3n) is 6.99. The third kappa shape index (κ3) is 3.92. The Hall–Kier alpha value is -1.40. The molecule has 1 aliphatic heterocycles. The molecule has 148 valence electrons. The van der Waals surface area contributed by atoms with E-state index in [4.69, 9.17) is 0 Å². The molecule has 0 aromatic carbocycles. The summed E-state index contributed by atoms with van der Waals surface area (Å²) in [4.78, 5) is 28.8. The summed E-state index contributed by atoms with van der Waals surface area (Å²) in [5.41, 5.74) is 0.637. The zero-order chi connectivity index (χ0) is 19.1. The van der Waals surface area contributed by atoms with Gasteiger partial charge < -0.3 is 14.9 Å². The lowest BCUT2D eigenvalue weighted by molar-refractivity contribution is -0.138. The van der Waals surface area contributed by atoms with E-state index in [1.807, 2.05) is 9.80 Å². The summed E-state index contributed by atoms with van der Waals surface area (Å²) in [7, 11) is 0. The van der Waals surface area contributed by atoms with Crippen LogP contribution in [-0.2, 0) is 16.1 Å². The molecule has 1 N–H and O–H groups in total. The molecule has 1 saturated heterocycles. The summed E-state index contributed by atoms with van der Waals surface area (Å²) >= 11 is 1.67. The van der Waals surface area contributed by atoms with Crippen LogP contribution in [0.2, 0.25) is 0 Å². The number of aliphatic hydroxyl groups is 1. The Labute approximate surface area is 165 Å². The fourth-order valence-corrected chi connectivity index (χ4v) is 5.79. The van der Waals surface area contributed by atoms with E-state index in [9.17, 15) is 14.7 Å². The van der Waals surface area contributed by atoms with Crippen molar-refractivity contribution in [3.8, 4) is 0 Å². The van der Waals surface area contributed by atoms with Gasteiger partial charge >= 0.3 is 0 Å². The molecule has 2 saturated carbocycles. The standard InChI is InChI=1S/C21H30N2O3S/c1-16(24)23(14-17-4-11-27-15-17)18-12-20(18)7-9-22(10-8-20)19(25)13-21(26)5-2-3-6-21/h4,11,15,18,26H,2-3,5-10,12-14H2,1H3/t18-/m1/s1. The van der Waals surface area contributed by atoms with Crippen LogP contribution in [0.1, 0.15) is 63.9 Å². The minimum atomic E-state index is -0.764. The van der Waals surface area contributed by atoms with Crippen molar-refractivity contribution in [2.24, 2.45) is 5.41 Å². The first-order valence-corrected chi connectivity index (χ1v) is 11.1. The number of carbonyl (C=O) groups excluding carboxylic acids is 2. The molecule has 5 nitrogen and oxygen atoms in total. The van der Waals surface area contributed by atoms with Crippen molar-refractivity contribution in [1.82, 2.24) is 9.80 Å². The Balaban J connectivity index is 1.32. The molecule has 1 aromatic rings. The number of hydrogen-bond donors (Lipinski definition) is 1. The lowest BCUT2D eigenvalue weighted by atomic mass is 9.90. The zero-order valence-electron chi connectivity index (χ0n) is 16.2. The predicted molar refractivity (Wildman–Crippen MR) is 105 cm³/mol. The van der Waals surface area contributed by atoms with Gasteiger partial charge in [0.2, 0.25) is 11.8 Å². The molecule has 4 rings (SSSR count). The summed E-state index contributed by atoms with van der Waals surface area (Å²) < 4.78 is 0. The van der Waals surface area contributed by atoms with E-state index >= 15 is 0 Å². The highest BCUT2D eigenvalue weighted by Gasteiger charge is 2.58. The summed E-state index contributed by atoms with van der Waals surface area (Å²) in [5.74, 6) is 0.248. The highest BCUT2D eigenvalue weighted by molar-refractivity contribution is 7.07. The molecule has 2 amide bonds. The van der Waals surface area contributed by atoms with Gasteiger partial charge in [-0.2, -0.15) is 11.3 Å². The van der Waals surface area contributed by atoms with Gasteiger partial charge in [0.15, 0.2) is 0 Å². The average Bonchev–Trinajstić information content (AvgIpc) is 3.00. The molecule has 0 unspecified atom stereocenters. The van der Waals surface area contributed by atoms with E-state index in [-0.39, 0.29) is 23.7 Å². The lowest BCUT2D eigenvalue weighted by Gasteiger charge is -2.36. The fraction of sp³-hybridized carbons (Fsp3) is 0.714. The summed E-state index contributed by atoms with van der Waals surface area (Å²) in [6.07, 6.45) is 6.84. The molecular weight excluding hydrogens is 360 g/mol. The first kappa shape index (κ1) is 18.9. The van der Waals surface area contributed by atoms with E-state index in [0.717, 1.165) is 58.0 Å². The molecular formula is C21H30N2O3S. The highest BCUT2D eigenvalue weighted by atomic mass is 32.1. The molecule has 1 spiro atoms. The first-order valence-electron chi connectivity index (χ1n) is 10.2. The molecule has 1 atom stereocenters. The van der Waals surface area contributed by atoms with E-state index in [1.54, 1.807) is 18.3 Å². The van der Waals surface area contributed by atoms with Crippen molar-refractivity contribution in [1.29, 1.82) is 0 Å². The van der Waals surface area contributed by atoms with Gasteiger partial charge in [0.1, 0.15) is 0 Å². The van der Waals surface area contributed by atoms with Crippen molar-refractivity contribution < 1.29 is 14.7 Å². The van der Waals surface area contributed by atoms with Gasteiger partial charge in [-0.25, -0.2) is 0 Å². The van der Waals surface area contributed by atoms with Crippen LogP contribution in [0.5, 0.6) is 0 Å². The smallest absolute Gasteiger partial charge is 0.225 e. The van der Waals surface area contributed by atoms with Crippen molar-refractivity contribution >= 4 is 23.2 Å². The number of hydrogen-bond acceptors (Lipinski definition) is 4. The number of likely N-dealkylation sites (tertiary alicyclic amines) is 1. The Morgan fingerprint density at radius 1 is 1.26 bits per heavy atom. The molecule has 27 heavy (non-hydrogen) atoms. The van der Waals surface area contributed by atoms with Crippen LogP contribution in [0.4, 0.5) is 0 Å². The Kier molecular flexibility index (Phi) is 5.06. The normalized spacial score (nSPS) is 25.6. The molecule has 3 fully saturated rings. The van der Waals surface area contributed by atoms with Crippen LogP contribution in [0.15, 0.2) is 16.8 Å². The molecule has 2 heterocycles. The maximum absolute atomic E-state index is 12.6. The summed E-state index contributed by atoms with van der Waals surface area (Å²) in [6, 6.07) is 2.40. The maximum atomic E-state index is 12.6. The highest BCUT2D eigenvalue weighted by Crippen LogP contribution is 2.57. The van der Waals surface area contributed by atoms with Crippen molar-refractivity contribution in [3.63, 3.8) is 0 Å². The molecule has 0 bridgehead atoms. The Morgan fingerprint density at radius 2 is 1.96 bits per heavy atom. The Bertz CT molecular complexity index is 688. The minimum absolute atomic E-state index is 0.105. The van der Waals surface area contributed by atoms with Crippen LogP contribution in [-0.4, -0.2) is 51.5 Å². The number of nitrogens with zero attached hydrogens (tertiary/aromatic N) is 2. The second-order valence-electron chi connectivity index (χ2n) is 8.85. The number of thiophene rings is 1. The van der Waals surface area contributed by atoms with Gasteiger partial charge in [0.25, 0.3) is 0 Å². The number of piperidine rings is 1. The molecule has 6 heteroatoms. The van der Waals surface area contributed by atoms with Gasteiger partial charge in [0, 0.05) is 32.6 Å². The van der Waals surface area contributed by atoms with Crippen LogP contribution in [0.25, 0.3) is 0 Å². The first-order chi connectivity index (χ1) is 12.9. The van der Waals surface area contributed by atoms with Gasteiger partial charge in [-0.05, 0) is 59.9 Å². The third-order valence-corrected chi connectivity index (χ3v) is 7.72. The Morgan fingerprint density at radius 3 is 2.56 bits per heavy atom. The van der Waals surface area contributed by atoms with Gasteiger partial charge in [-0.1, -0.05) is 12.8 Å². The topological polar surface area (TPSA) is 60.9 Å². The molecule has 2 aliphatic carbocycles. The molecule has 1 aromatic heterocycles. The van der Waals surface area contributed by atoms with E-state index in [1.165, 1.54) is 5.56 Å². The monoisotopic (exact) mass is 390 g/mol. The maximum Gasteiger partial charge on any atom is 0.225 e. The number of carbonyl (C=O) groups is 2. The van der Waals surface area contributed by atoms with Crippen LogP contribution in [0, 0.1) is 5.41 Å². The van der Waals surface area contributed by atoms with Crippen LogP contribution >= 0.6 is 11.3 Å². The molecule has 0 radical (unpaired) electrons. The van der Waals surface area contributed by atoms with Crippen LogP contribution in [0.3, 0.4) is 0 Å². The molecule has 3 aliphatic rings. The second kappa shape index (κ2) is 7.21. The zero-order valence-corrected chi connectivity index (χ0v) is 17.0. The SMILES string of the molecule is CC(=O)N(Cc1ccsc1)[C@@H]1CC12CCN(C(=O)CC1(O)CCCC1)CC2. The van der Waals surface area contributed by atoms with E-state index in [2.05, 4.69) is 16.8 Å². The van der Waals surface area contributed by atoms with Crippen molar-refractivity contribution in [2.45, 2.75) is 76.5 Å². The summed E-state index contributed by atoms with van der Waals surface area (Å²) in [5, 5.41) is 14.7. The minimum Gasteiger partial charge on any atom is -0.389 e. The van der Waals surface area contributed by atoms with E-state index in [0.29, 0.717) is 12.6 Å².